The number of fused-ring (bicyclic) bond motifs is 5. The molecule has 60 heavy (non-hydrogen) atoms. The van der Waals surface area contributed by atoms with Crippen LogP contribution in [0.3, 0.4) is 0 Å². The highest BCUT2D eigenvalue weighted by Gasteiger charge is 2.59. The van der Waals surface area contributed by atoms with E-state index in [0.29, 0.717) is 17.8 Å². The van der Waals surface area contributed by atoms with E-state index in [-0.39, 0.29) is 24.1 Å². The molecule has 4 aliphatic carbocycles. The Hall–Kier alpha value is -1.51. The number of hydrogen-bond acceptors (Lipinski definition) is 7. The molecule has 0 aromatic rings. The van der Waals surface area contributed by atoms with Crippen LogP contribution < -0.4 is 0 Å². The molecule has 344 valence electrons. The van der Waals surface area contributed by atoms with Crippen LogP contribution in [0, 0.1) is 52.3 Å². The molecule has 14 atom stereocenters. The van der Waals surface area contributed by atoms with Crippen LogP contribution in [-0.4, -0.2) is 64.7 Å². The molecule has 4 fully saturated rings. The molecule has 7 heteroatoms. The van der Waals surface area contributed by atoms with Crippen molar-refractivity contribution >= 4 is 5.97 Å². The minimum absolute atomic E-state index is 0.146. The second-order valence-corrected chi connectivity index (χ2v) is 21.1. The van der Waals surface area contributed by atoms with E-state index in [4.69, 9.17) is 14.2 Å². The number of unbranched alkanes of at least 4 members (excludes halogenated alkanes) is 8. The largest absolute Gasteiger partial charge is 0.463 e. The van der Waals surface area contributed by atoms with Gasteiger partial charge in [0.2, 0.25) is 0 Å². The highest BCUT2D eigenvalue weighted by molar-refractivity contribution is 5.69. The number of ether oxygens (including phenoxy) is 3. The summed E-state index contributed by atoms with van der Waals surface area (Å²) in [5, 5.41) is 32.5. The number of aliphatic hydroxyl groups excluding tert-OH is 3. The van der Waals surface area contributed by atoms with Gasteiger partial charge in [0.15, 0.2) is 6.29 Å². The summed E-state index contributed by atoms with van der Waals surface area (Å²) in [7, 11) is 0. The molecule has 0 aromatic heterocycles. The molecular weight excluding hydrogens is 749 g/mol. The Balaban J connectivity index is 1.03. The molecule has 3 N–H and O–H groups in total. The summed E-state index contributed by atoms with van der Waals surface area (Å²) in [4.78, 5) is 12.6. The molecule has 1 aliphatic heterocycles. The fourth-order valence-corrected chi connectivity index (χ4v) is 13.1. The SMILES string of the molecule is CCCCC/C=C\C/C=C\CCCCCCCC(=O)OC[C@H]1O[C@@H](O[C@H]2CC[C@@]3(C)C(=CC[C@@H]4C3CC[C@@]3(C)C4CC[C@@H]3[C@H](C)CC[C@@H](CC)C(C)C)C2)[C@H](O)[C@@H](O)[C@@H]1O. The molecule has 0 amide bonds. The van der Waals surface area contributed by atoms with Crippen molar-refractivity contribution in [3.63, 3.8) is 0 Å². The van der Waals surface area contributed by atoms with Crippen LogP contribution >= 0.6 is 0 Å². The summed E-state index contributed by atoms with van der Waals surface area (Å²) in [5.41, 5.74) is 2.12. The third-order valence-corrected chi connectivity index (χ3v) is 17.0. The van der Waals surface area contributed by atoms with E-state index in [0.717, 1.165) is 106 Å². The first-order valence-corrected chi connectivity index (χ1v) is 25.3. The Morgan fingerprint density at radius 3 is 2.27 bits per heavy atom. The van der Waals surface area contributed by atoms with Gasteiger partial charge in [-0.25, -0.2) is 0 Å². The second kappa shape index (κ2) is 24.0. The van der Waals surface area contributed by atoms with Gasteiger partial charge in [-0.05, 0) is 149 Å². The van der Waals surface area contributed by atoms with Crippen molar-refractivity contribution in [2.45, 2.75) is 233 Å². The quantitative estimate of drug-likeness (QED) is 0.0505. The highest BCUT2D eigenvalue weighted by atomic mass is 16.7. The van der Waals surface area contributed by atoms with Gasteiger partial charge in [0.1, 0.15) is 31.0 Å². The zero-order valence-corrected chi connectivity index (χ0v) is 39.3. The number of hydrogen-bond donors (Lipinski definition) is 3. The van der Waals surface area contributed by atoms with E-state index in [1.807, 2.05) is 0 Å². The van der Waals surface area contributed by atoms with Crippen LogP contribution in [0.15, 0.2) is 36.0 Å². The van der Waals surface area contributed by atoms with Gasteiger partial charge >= 0.3 is 5.97 Å². The van der Waals surface area contributed by atoms with E-state index in [2.05, 4.69) is 78.8 Å². The molecule has 5 aliphatic rings. The number of carbonyl (C=O) groups is 1. The summed E-state index contributed by atoms with van der Waals surface area (Å²) in [6.07, 6.45) is 31.2. The van der Waals surface area contributed by atoms with Crippen molar-refractivity contribution in [2.24, 2.45) is 52.3 Å². The van der Waals surface area contributed by atoms with E-state index in [1.165, 1.54) is 76.2 Å². The van der Waals surface area contributed by atoms with E-state index in [1.54, 1.807) is 0 Å². The first kappa shape index (κ1) is 49.5. The smallest absolute Gasteiger partial charge is 0.305 e. The molecule has 3 saturated carbocycles. The molecule has 0 radical (unpaired) electrons. The van der Waals surface area contributed by atoms with Crippen LogP contribution in [0.2, 0.25) is 0 Å². The Morgan fingerprint density at radius 1 is 0.833 bits per heavy atom. The summed E-state index contributed by atoms with van der Waals surface area (Å²) in [6, 6.07) is 0. The predicted octanol–water partition coefficient (Wildman–Crippen LogP) is 12.2. The van der Waals surface area contributed by atoms with Gasteiger partial charge in [-0.2, -0.15) is 0 Å². The molecule has 0 bridgehead atoms. The maximum atomic E-state index is 12.6. The first-order chi connectivity index (χ1) is 28.8. The van der Waals surface area contributed by atoms with Crippen molar-refractivity contribution in [3.05, 3.63) is 36.0 Å². The number of allylic oxidation sites excluding steroid dienone is 5. The number of rotatable bonds is 24. The van der Waals surface area contributed by atoms with E-state index < -0.39 is 30.7 Å². The maximum Gasteiger partial charge on any atom is 0.305 e. The van der Waals surface area contributed by atoms with Crippen molar-refractivity contribution in [2.75, 3.05) is 6.61 Å². The van der Waals surface area contributed by atoms with Gasteiger partial charge in [-0.15, -0.1) is 0 Å². The van der Waals surface area contributed by atoms with Gasteiger partial charge in [-0.1, -0.05) is 129 Å². The summed E-state index contributed by atoms with van der Waals surface area (Å²) >= 11 is 0. The van der Waals surface area contributed by atoms with Gasteiger partial charge in [0.05, 0.1) is 6.10 Å². The Morgan fingerprint density at radius 2 is 1.55 bits per heavy atom. The van der Waals surface area contributed by atoms with Gasteiger partial charge < -0.3 is 29.5 Å². The maximum absolute atomic E-state index is 12.6. The Kier molecular flexibility index (Phi) is 19.8. The second-order valence-electron chi connectivity index (χ2n) is 21.1. The van der Waals surface area contributed by atoms with E-state index >= 15 is 0 Å². The molecule has 0 spiro atoms. The number of carbonyl (C=O) groups excluding carboxylic acids is 1. The van der Waals surface area contributed by atoms with Crippen LogP contribution in [0.4, 0.5) is 0 Å². The fraction of sp³-hybridized carbons (Fsp3) is 0.868. The zero-order valence-electron chi connectivity index (χ0n) is 39.3. The van der Waals surface area contributed by atoms with Crippen molar-refractivity contribution < 1.29 is 34.3 Å². The molecule has 7 nitrogen and oxygen atoms in total. The average Bonchev–Trinajstić information content (AvgIpc) is 3.59. The lowest BCUT2D eigenvalue weighted by molar-refractivity contribution is -0.313. The Labute approximate surface area is 367 Å². The van der Waals surface area contributed by atoms with Crippen LogP contribution in [0.1, 0.15) is 196 Å². The molecule has 0 aromatic carbocycles. The predicted molar refractivity (Wildman–Crippen MR) is 244 cm³/mol. The zero-order chi connectivity index (χ0) is 43.3. The lowest BCUT2D eigenvalue weighted by Crippen LogP contribution is -2.60. The molecule has 2 unspecified atom stereocenters. The number of esters is 1. The van der Waals surface area contributed by atoms with Crippen LogP contribution in [-0.2, 0) is 19.0 Å². The third kappa shape index (κ3) is 12.6. The third-order valence-electron chi connectivity index (χ3n) is 17.0. The topological polar surface area (TPSA) is 105 Å². The number of aliphatic hydroxyl groups is 3. The van der Waals surface area contributed by atoms with Crippen molar-refractivity contribution in [3.8, 4) is 0 Å². The Bertz CT molecular complexity index is 1370. The lowest BCUT2D eigenvalue weighted by atomic mass is 9.47. The lowest BCUT2D eigenvalue weighted by Gasteiger charge is -2.58. The van der Waals surface area contributed by atoms with Gasteiger partial charge in [-0.3, -0.25) is 4.79 Å². The van der Waals surface area contributed by atoms with Gasteiger partial charge in [0.25, 0.3) is 0 Å². The van der Waals surface area contributed by atoms with E-state index in [9.17, 15) is 20.1 Å². The highest BCUT2D eigenvalue weighted by Crippen LogP contribution is 2.67. The minimum Gasteiger partial charge on any atom is -0.463 e. The monoisotopic (exact) mass is 839 g/mol. The standard InChI is InChI=1S/C53H90O7/c1-8-10-11-12-13-14-15-16-17-18-19-20-21-22-23-24-47(54)58-36-46-48(55)49(56)50(57)51(60-46)59-41-31-33-52(6)40(35-41)27-28-42-44-30-29-43(53(44,7)34-32-45(42)52)38(5)25-26-39(9-2)37(3)4/h13-14,16-17,27,37-39,41-46,48-51,55-57H,8-12,15,18-26,28-36H2,1-7H3/b14-13-,17-16-/t38-,39-,41+,42+,43-,44?,45?,46-,48-,49+,50-,51-,52+,53-/m1/s1. The van der Waals surface area contributed by atoms with Crippen molar-refractivity contribution in [1.29, 1.82) is 0 Å². The van der Waals surface area contributed by atoms with Crippen LogP contribution in [0.5, 0.6) is 0 Å². The summed E-state index contributed by atoms with van der Waals surface area (Å²) in [6.45, 7) is 17.0. The minimum atomic E-state index is -1.45. The molecule has 1 heterocycles. The summed E-state index contributed by atoms with van der Waals surface area (Å²) in [5.74, 6) is 5.20. The van der Waals surface area contributed by atoms with Gasteiger partial charge in [0, 0.05) is 6.42 Å². The first-order valence-electron chi connectivity index (χ1n) is 25.3. The van der Waals surface area contributed by atoms with Crippen LogP contribution in [0.25, 0.3) is 0 Å². The van der Waals surface area contributed by atoms with Crippen molar-refractivity contribution in [1.82, 2.24) is 0 Å². The normalized spacial score (nSPS) is 36.5. The molecule has 1 saturated heterocycles. The summed E-state index contributed by atoms with van der Waals surface area (Å²) < 4.78 is 18.0. The molecular formula is C53H90O7. The average molecular weight is 839 g/mol. The molecule has 5 rings (SSSR count). The fourth-order valence-electron chi connectivity index (χ4n) is 13.1.